The Balaban J connectivity index is 2.45. The third-order valence-electron chi connectivity index (χ3n) is 3.21. The molecule has 2 rings (SSSR count). The maximum atomic E-state index is 10.8. The molecule has 20 heavy (non-hydrogen) atoms. The van der Waals surface area contributed by atoms with Crippen molar-refractivity contribution in [3.63, 3.8) is 0 Å². The number of carboxylic acids is 1. The van der Waals surface area contributed by atoms with Crippen LogP contribution in [-0.4, -0.2) is 26.4 Å². The third-order valence-corrected chi connectivity index (χ3v) is 4.48. The molecule has 0 amide bonds. The predicted octanol–water partition coefficient (Wildman–Crippen LogP) is 3.91. The van der Waals surface area contributed by atoms with Crippen LogP contribution in [0.3, 0.4) is 0 Å². The van der Waals surface area contributed by atoms with E-state index in [1.807, 2.05) is 12.1 Å². The highest BCUT2D eigenvalue weighted by Gasteiger charge is 2.15. The molecule has 108 valence electrons. The van der Waals surface area contributed by atoms with Gasteiger partial charge < -0.3 is 9.67 Å². The molecule has 0 saturated carbocycles. The number of aliphatic carboxylic acids is 1. The van der Waals surface area contributed by atoms with Gasteiger partial charge in [0.2, 0.25) is 0 Å². The zero-order valence-corrected chi connectivity index (χ0v) is 13.0. The van der Waals surface area contributed by atoms with Crippen LogP contribution in [0.25, 0.3) is 11.0 Å². The van der Waals surface area contributed by atoms with E-state index in [9.17, 15) is 4.79 Å². The molecule has 0 aliphatic rings. The van der Waals surface area contributed by atoms with Gasteiger partial charge in [-0.05, 0) is 18.1 Å². The molecule has 1 aromatic heterocycles. The Bertz CT molecular complexity index is 627. The first-order valence-electron chi connectivity index (χ1n) is 6.52. The van der Waals surface area contributed by atoms with Gasteiger partial charge in [0.15, 0.2) is 5.16 Å². The van der Waals surface area contributed by atoms with Crippen LogP contribution in [-0.2, 0) is 11.3 Å². The number of thioether (sulfide) groups is 1. The molecular weight excluding hydrogens is 296 g/mol. The minimum atomic E-state index is -0.844. The van der Waals surface area contributed by atoms with Crippen molar-refractivity contribution in [1.82, 2.24) is 9.55 Å². The van der Waals surface area contributed by atoms with E-state index >= 15 is 0 Å². The molecule has 1 heterocycles. The number of imidazole rings is 1. The lowest BCUT2D eigenvalue weighted by Crippen LogP contribution is -2.09. The highest BCUT2D eigenvalue weighted by Crippen LogP contribution is 2.29. The molecule has 6 heteroatoms. The van der Waals surface area contributed by atoms with Crippen molar-refractivity contribution in [3.05, 3.63) is 23.2 Å². The van der Waals surface area contributed by atoms with E-state index in [1.54, 1.807) is 6.07 Å². The van der Waals surface area contributed by atoms with Crippen LogP contribution in [0, 0.1) is 5.92 Å². The highest BCUT2D eigenvalue weighted by atomic mass is 35.5. The third kappa shape index (κ3) is 3.27. The van der Waals surface area contributed by atoms with Gasteiger partial charge in [-0.1, -0.05) is 49.7 Å². The number of aromatic nitrogens is 2. The van der Waals surface area contributed by atoms with Gasteiger partial charge in [-0.25, -0.2) is 4.98 Å². The summed E-state index contributed by atoms with van der Waals surface area (Å²) in [6.07, 6.45) is 1.06. The second kappa shape index (κ2) is 6.50. The van der Waals surface area contributed by atoms with Crippen LogP contribution >= 0.6 is 23.4 Å². The van der Waals surface area contributed by atoms with Crippen LogP contribution in [0.5, 0.6) is 0 Å². The van der Waals surface area contributed by atoms with Gasteiger partial charge in [-0.2, -0.15) is 0 Å². The van der Waals surface area contributed by atoms with Gasteiger partial charge in [-0.15, -0.1) is 0 Å². The maximum Gasteiger partial charge on any atom is 0.313 e. The van der Waals surface area contributed by atoms with Gasteiger partial charge in [-0.3, -0.25) is 4.79 Å². The largest absolute Gasteiger partial charge is 0.481 e. The first-order chi connectivity index (χ1) is 9.52. The monoisotopic (exact) mass is 312 g/mol. The fourth-order valence-electron chi connectivity index (χ4n) is 1.95. The summed E-state index contributed by atoms with van der Waals surface area (Å²) >= 11 is 7.41. The van der Waals surface area contributed by atoms with E-state index in [1.165, 1.54) is 11.8 Å². The first kappa shape index (κ1) is 15.2. The minimum Gasteiger partial charge on any atom is -0.481 e. The number of fused-ring (bicyclic) bond motifs is 1. The SMILES string of the molecule is CCC(C)Cn1c(SCC(=O)O)nc2c(Cl)cccc21. The molecule has 2 aromatic rings. The number of nitrogens with zero attached hydrogens (tertiary/aromatic N) is 2. The van der Waals surface area contributed by atoms with E-state index in [0.29, 0.717) is 10.9 Å². The van der Waals surface area contributed by atoms with Gasteiger partial charge >= 0.3 is 5.97 Å². The summed E-state index contributed by atoms with van der Waals surface area (Å²) in [6, 6.07) is 5.67. The molecule has 1 unspecified atom stereocenters. The molecule has 1 N–H and O–H groups in total. The highest BCUT2D eigenvalue weighted by molar-refractivity contribution is 7.99. The van der Waals surface area contributed by atoms with Crippen LogP contribution < -0.4 is 0 Å². The van der Waals surface area contributed by atoms with Crippen LogP contribution in [0.2, 0.25) is 5.02 Å². The minimum absolute atomic E-state index is 0.00144. The predicted molar refractivity (Wildman–Crippen MR) is 82.6 cm³/mol. The number of hydrogen-bond donors (Lipinski definition) is 1. The van der Waals surface area contributed by atoms with Gasteiger partial charge in [0.1, 0.15) is 5.52 Å². The Hall–Kier alpha value is -1.20. The molecule has 0 bridgehead atoms. The summed E-state index contributed by atoms with van der Waals surface area (Å²) in [5.41, 5.74) is 1.70. The number of halogens is 1. The van der Waals surface area contributed by atoms with Gasteiger partial charge in [0, 0.05) is 6.54 Å². The summed E-state index contributed by atoms with van der Waals surface area (Å²) in [7, 11) is 0. The average molecular weight is 313 g/mol. The molecular formula is C14H17ClN2O2S. The molecule has 0 aliphatic carbocycles. The smallest absolute Gasteiger partial charge is 0.313 e. The number of benzene rings is 1. The summed E-state index contributed by atoms with van der Waals surface area (Å²) in [5.74, 6) is -0.347. The number of carbonyl (C=O) groups is 1. The molecule has 1 atom stereocenters. The van der Waals surface area contributed by atoms with E-state index < -0.39 is 5.97 Å². The number of rotatable bonds is 6. The molecule has 0 radical (unpaired) electrons. The lowest BCUT2D eigenvalue weighted by atomic mass is 10.1. The van der Waals surface area contributed by atoms with Crippen LogP contribution in [0.15, 0.2) is 23.4 Å². The quantitative estimate of drug-likeness (QED) is 0.822. The van der Waals surface area contributed by atoms with Crippen molar-refractivity contribution in [1.29, 1.82) is 0 Å². The molecule has 1 aromatic carbocycles. The van der Waals surface area contributed by atoms with Crippen LogP contribution in [0.4, 0.5) is 0 Å². The summed E-state index contributed by atoms with van der Waals surface area (Å²) < 4.78 is 2.07. The van der Waals surface area contributed by atoms with E-state index in [2.05, 4.69) is 23.4 Å². The van der Waals surface area contributed by atoms with Gasteiger partial charge in [0.05, 0.1) is 16.3 Å². The fourth-order valence-corrected chi connectivity index (χ4v) is 2.89. The summed E-state index contributed by atoms with van der Waals surface area (Å²) in [6.45, 7) is 5.12. The second-order valence-corrected chi connectivity index (χ2v) is 6.16. The standard InChI is InChI=1S/C14H17ClN2O2S/c1-3-9(2)7-17-11-6-4-5-10(15)13(11)16-14(17)20-8-12(18)19/h4-6,9H,3,7-8H2,1-2H3,(H,18,19). The van der Waals surface area contributed by atoms with E-state index in [0.717, 1.165) is 29.2 Å². The Kier molecular flexibility index (Phi) is 4.94. The molecule has 0 saturated heterocycles. The summed E-state index contributed by atoms with van der Waals surface area (Å²) in [5, 5.41) is 10.2. The van der Waals surface area contributed by atoms with Crippen molar-refractivity contribution >= 4 is 40.4 Å². The van der Waals surface area contributed by atoms with Crippen molar-refractivity contribution < 1.29 is 9.90 Å². The molecule has 0 spiro atoms. The van der Waals surface area contributed by atoms with Crippen LogP contribution in [0.1, 0.15) is 20.3 Å². The van der Waals surface area contributed by atoms with Crippen molar-refractivity contribution in [3.8, 4) is 0 Å². The summed E-state index contributed by atoms with van der Waals surface area (Å²) in [4.78, 5) is 15.3. The Labute approximate surface area is 127 Å². The Morgan fingerprint density at radius 2 is 2.30 bits per heavy atom. The zero-order chi connectivity index (χ0) is 14.7. The zero-order valence-electron chi connectivity index (χ0n) is 11.5. The van der Waals surface area contributed by atoms with E-state index in [4.69, 9.17) is 16.7 Å². The number of hydrogen-bond acceptors (Lipinski definition) is 3. The maximum absolute atomic E-state index is 10.8. The topological polar surface area (TPSA) is 55.1 Å². The normalized spacial score (nSPS) is 12.8. The lowest BCUT2D eigenvalue weighted by Gasteiger charge is -2.13. The second-order valence-electron chi connectivity index (χ2n) is 4.81. The number of para-hydroxylation sites is 1. The van der Waals surface area contributed by atoms with Crippen molar-refractivity contribution in [2.45, 2.75) is 32.0 Å². The van der Waals surface area contributed by atoms with Crippen molar-refractivity contribution in [2.24, 2.45) is 5.92 Å². The van der Waals surface area contributed by atoms with E-state index in [-0.39, 0.29) is 5.75 Å². The van der Waals surface area contributed by atoms with Crippen molar-refractivity contribution in [2.75, 3.05) is 5.75 Å². The fraction of sp³-hybridized carbons (Fsp3) is 0.429. The Morgan fingerprint density at radius 3 is 2.95 bits per heavy atom. The average Bonchev–Trinajstić information content (AvgIpc) is 2.76. The lowest BCUT2D eigenvalue weighted by molar-refractivity contribution is -0.133. The Morgan fingerprint density at radius 1 is 1.55 bits per heavy atom. The molecule has 0 fully saturated rings. The molecule has 0 aliphatic heterocycles. The molecule has 4 nitrogen and oxygen atoms in total. The first-order valence-corrected chi connectivity index (χ1v) is 7.88. The number of carboxylic acid groups (broad SMARTS) is 1. The van der Waals surface area contributed by atoms with Gasteiger partial charge in [0.25, 0.3) is 0 Å².